The molecule has 0 atom stereocenters. The molecule has 0 aliphatic rings. The Balaban J connectivity index is 2.39. The first kappa shape index (κ1) is 17.6. The zero-order valence-electron chi connectivity index (χ0n) is 12.5. The third kappa shape index (κ3) is 6.68. The minimum atomic E-state index is -0.825. The van der Waals surface area contributed by atoms with E-state index in [1.54, 1.807) is 7.11 Å². The summed E-state index contributed by atoms with van der Waals surface area (Å²) in [5.41, 5.74) is 0. The molecule has 0 aliphatic heterocycles. The van der Waals surface area contributed by atoms with Crippen molar-refractivity contribution in [3.05, 3.63) is 17.7 Å². The minimum Gasteiger partial charge on any atom is -0.473 e. The van der Waals surface area contributed by atoms with Crippen LogP contribution in [-0.4, -0.2) is 45.1 Å². The molecule has 21 heavy (non-hydrogen) atoms. The third-order valence-corrected chi connectivity index (χ3v) is 2.54. The van der Waals surface area contributed by atoms with Crippen LogP contribution < -0.4 is 10.1 Å². The molecular formula is C14H22F2N2O3. The van der Waals surface area contributed by atoms with Crippen molar-refractivity contribution in [3.8, 4) is 5.88 Å². The molecule has 0 saturated carbocycles. The summed E-state index contributed by atoms with van der Waals surface area (Å²) in [5, 5.41) is 2.78. The third-order valence-electron chi connectivity index (χ3n) is 2.54. The number of hydrogen-bond acceptors (Lipinski definition) is 5. The van der Waals surface area contributed by atoms with Crippen molar-refractivity contribution in [2.24, 2.45) is 0 Å². The van der Waals surface area contributed by atoms with Crippen LogP contribution in [0.5, 0.6) is 5.88 Å². The molecule has 0 saturated heterocycles. The van der Waals surface area contributed by atoms with Crippen LogP contribution in [0.3, 0.4) is 0 Å². The Morgan fingerprint density at radius 2 is 1.95 bits per heavy atom. The van der Waals surface area contributed by atoms with E-state index in [1.807, 2.05) is 6.92 Å². The van der Waals surface area contributed by atoms with Crippen LogP contribution in [0.4, 0.5) is 14.6 Å². The molecule has 0 fully saturated rings. The maximum atomic E-state index is 13.5. The summed E-state index contributed by atoms with van der Waals surface area (Å²) < 4.78 is 42.3. The fraction of sp³-hybridized carbons (Fsp3) is 0.643. The standard InChI is InChI=1S/C14H22F2N2O3/c1-3-5-17-13-11(15)10-12(16)14(18-13)21-9-8-20-7-4-6-19-2/h10H,3-9H2,1-2H3,(H,17,18). The molecule has 5 nitrogen and oxygen atoms in total. The second-order valence-corrected chi connectivity index (χ2v) is 4.34. The zero-order chi connectivity index (χ0) is 15.5. The fourth-order valence-electron chi connectivity index (χ4n) is 1.52. The highest BCUT2D eigenvalue weighted by atomic mass is 19.1. The van der Waals surface area contributed by atoms with Crippen LogP contribution in [0.15, 0.2) is 6.07 Å². The minimum absolute atomic E-state index is 0.00531. The topological polar surface area (TPSA) is 52.6 Å². The van der Waals surface area contributed by atoms with Crippen LogP contribution in [0.2, 0.25) is 0 Å². The van der Waals surface area contributed by atoms with Gasteiger partial charge in [0.25, 0.3) is 5.88 Å². The predicted octanol–water partition coefficient (Wildman–Crippen LogP) is 2.61. The summed E-state index contributed by atoms with van der Waals surface area (Å²) in [6.45, 7) is 4.11. The molecule has 0 radical (unpaired) electrons. The van der Waals surface area contributed by atoms with E-state index in [2.05, 4.69) is 10.3 Å². The van der Waals surface area contributed by atoms with Gasteiger partial charge < -0.3 is 19.5 Å². The molecule has 1 heterocycles. The SMILES string of the molecule is CCCNc1nc(OCCOCCCOC)c(F)cc1F. The fourth-order valence-corrected chi connectivity index (χ4v) is 1.52. The Morgan fingerprint density at radius 3 is 2.67 bits per heavy atom. The van der Waals surface area contributed by atoms with E-state index in [9.17, 15) is 8.78 Å². The first-order chi connectivity index (χ1) is 10.2. The first-order valence-electron chi connectivity index (χ1n) is 6.98. The first-order valence-corrected chi connectivity index (χ1v) is 6.98. The van der Waals surface area contributed by atoms with Crippen molar-refractivity contribution in [3.63, 3.8) is 0 Å². The van der Waals surface area contributed by atoms with Gasteiger partial charge in [-0.2, -0.15) is 4.98 Å². The van der Waals surface area contributed by atoms with Gasteiger partial charge in [-0.1, -0.05) is 6.92 Å². The number of pyridine rings is 1. The van der Waals surface area contributed by atoms with Crippen molar-refractivity contribution in [2.45, 2.75) is 19.8 Å². The maximum absolute atomic E-state index is 13.5. The molecule has 0 bridgehead atoms. The lowest BCUT2D eigenvalue weighted by molar-refractivity contribution is 0.0784. The van der Waals surface area contributed by atoms with Gasteiger partial charge in [-0.25, -0.2) is 8.78 Å². The summed E-state index contributed by atoms with van der Waals surface area (Å²) in [6, 6.07) is 0.764. The molecule has 0 aromatic carbocycles. The second kappa shape index (κ2) is 10.3. The molecule has 0 amide bonds. The number of nitrogens with zero attached hydrogens (tertiary/aromatic N) is 1. The van der Waals surface area contributed by atoms with Crippen molar-refractivity contribution in [1.82, 2.24) is 4.98 Å². The van der Waals surface area contributed by atoms with Gasteiger partial charge in [0.2, 0.25) is 0 Å². The molecule has 7 heteroatoms. The Hall–Kier alpha value is -1.47. The molecule has 1 aromatic heterocycles. The number of anilines is 1. The molecule has 1 rings (SSSR count). The summed E-state index contributed by atoms with van der Waals surface area (Å²) in [4.78, 5) is 3.80. The Kier molecular flexibility index (Phi) is 8.61. The van der Waals surface area contributed by atoms with Gasteiger partial charge in [-0.3, -0.25) is 0 Å². The maximum Gasteiger partial charge on any atom is 0.252 e. The van der Waals surface area contributed by atoms with Gasteiger partial charge in [0, 0.05) is 32.9 Å². The van der Waals surface area contributed by atoms with Crippen LogP contribution in [0.25, 0.3) is 0 Å². The summed E-state index contributed by atoms with van der Waals surface area (Å²) >= 11 is 0. The number of halogens is 2. The van der Waals surface area contributed by atoms with Gasteiger partial charge in [0.15, 0.2) is 17.5 Å². The zero-order valence-corrected chi connectivity index (χ0v) is 12.5. The smallest absolute Gasteiger partial charge is 0.252 e. The van der Waals surface area contributed by atoms with Gasteiger partial charge >= 0.3 is 0 Å². The predicted molar refractivity (Wildman–Crippen MR) is 75.7 cm³/mol. The lowest BCUT2D eigenvalue weighted by Gasteiger charge is -2.10. The normalized spacial score (nSPS) is 10.7. The van der Waals surface area contributed by atoms with Crippen LogP contribution in [-0.2, 0) is 9.47 Å². The van der Waals surface area contributed by atoms with Crippen molar-refractivity contribution in [2.75, 3.05) is 45.4 Å². The van der Waals surface area contributed by atoms with Crippen molar-refractivity contribution < 1.29 is 23.0 Å². The number of hydrogen-bond donors (Lipinski definition) is 1. The van der Waals surface area contributed by atoms with Crippen LogP contribution in [0.1, 0.15) is 19.8 Å². The van der Waals surface area contributed by atoms with E-state index in [0.717, 1.165) is 18.9 Å². The second-order valence-electron chi connectivity index (χ2n) is 4.34. The molecule has 120 valence electrons. The number of aromatic nitrogens is 1. The molecule has 1 N–H and O–H groups in total. The van der Waals surface area contributed by atoms with Crippen LogP contribution >= 0.6 is 0 Å². The number of methoxy groups -OCH3 is 1. The quantitative estimate of drug-likeness (QED) is 0.637. The average Bonchev–Trinajstić information content (AvgIpc) is 2.47. The van der Waals surface area contributed by atoms with E-state index in [0.29, 0.717) is 26.4 Å². The number of ether oxygens (including phenoxy) is 3. The average molecular weight is 304 g/mol. The monoisotopic (exact) mass is 304 g/mol. The highest BCUT2D eigenvalue weighted by molar-refractivity contribution is 5.39. The summed E-state index contributed by atoms with van der Waals surface area (Å²) in [5.74, 6) is -1.79. The van der Waals surface area contributed by atoms with Crippen LogP contribution in [0, 0.1) is 11.6 Å². The number of nitrogens with one attached hydrogen (secondary N) is 1. The molecule has 0 spiro atoms. The van der Waals surface area contributed by atoms with E-state index in [1.165, 1.54) is 0 Å². The summed E-state index contributed by atoms with van der Waals surface area (Å²) in [6.07, 6.45) is 1.59. The largest absolute Gasteiger partial charge is 0.473 e. The lowest BCUT2D eigenvalue weighted by Crippen LogP contribution is -2.12. The van der Waals surface area contributed by atoms with Crippen molar-refractivity contribution in [1.29, 1.82) is 0 Å². The summed E-state index contributed by atoms with van der Waals surface area (Å²) in [7, 11) is 1.62. The Labute approximate surface area is 123 Å². The van der Waals surface area contributed by atoms with E-state index < -0.39 is 11.6 Å². The molecule has 0 unspecified atom stereocenters. The number of rotatable bonds is 11. The van der Waals surface area contributed by atoms with E-state index >= 15 is 0 Å². The van der Waals surface area contributed by atoms with Gasteiger partial charge in [-0.05, 0) is 12.8 Å². The van der Waals surface area contributed by atoms with Crippen molar-refractivity contribution >= 4 is 5.82 Å². The van der Waals surface area contributed by atoms with Gasteiger partial charge in [0.1, 0.15) is 6.61 Å². The lowest BCUT2D eigenvalue weighted by atomic mass is 10.4. The van der Waals surface area contributed by atoms with Gasteiger partial charge in [-0.15, -0.1) is 0 Å². The molecule has 0 aliphatic carbocycles. The van der Waals surface area contributed by atoms with E-state index in [4.69, 9.17) is 14.2 Å². The Bertz CT molecular complexity index is 419. The Morgan fingerprint density at radius 1 is 1.14 bits per heavy atom. The highest BCUT2D eigenvalue weighted by Crippen LogP contribution is 2.20. The van der Waals surface area contributed by atoms with E-state index in [-0.39, 0.29) is 18.3 Å². The molecule has 1 aromatic rings. The van der Waals surface area contributed by atoms with Gasteiger partial charge in [0.05, 0.1) is 6.61 Å². The molecular weight excluding hydrogens is 282 g/mol. The highest BCUT2D eigenvalue weighted by Gasteiger charge is 2.12.